The molecule has 2 aromatic heterocycles. The lowest BCUT2D eigenvalue weighted by Crippen LogP contribution is -3.00. The van der Waals surface area contributed by atoms with Crippen molar-refractivity contribution in [2.24, 2.45) is 0 Å². The Kier molecular flexibility index (Phi) is 2.71. The van der Waals surface area contributed by atoms with E-state index < -0.39 is 0 Å². The van der Waals surface area contributed by atoms with Crippen LogP contribution in [0.4, 0.5) is 5.69 Å². The van der Waals surface area contributed by atoms with Crippen LogP contribution >= 0.6 is 0 Å². The molecule has 2 N–H and O–H groups in total. The molecule has 0 fully saturated rings. The highest BCUT2D eigenvalue weighted by atomic mass is 79.9. The van der Waals surface area contributed by atoms with Crippen molar-refractivity contribution in [1.29, 1.82) is 0 Å². The van der Waals surface area contributed by atoms with Gasteiger partial charge in [0.25, 0.3) is 0 Å². The Hall–Kier alpha value is -2.01. The van der Waals surface area contributed by atoms with E-state index in [1.165, 1.54) is 0 Å². The quantitative estimate of drug-likeness (QED) is 0.422. The van der Waals surface area contributed by atoms with Crippen LogP contribution in [0.25, 0.3) is 16.3 Å². The Labute approximate surface area is 120 Å². The summed E-state index contributed by atoms with van der Waals surface area (Å²) in [5.41, 5.74) is 7.98. The van der Waals surface area contributed by atoms with Crippen LogP contribution in [-0.2, 0) is 0 Å². The molecule has 0 saturated carbocycles. The van der Waals surface area contributed by atoms with Gasteiger partial charge < -0.3 is 32.2 Å². The van der Waals surface area contributed by atoms with E-state index in [9.17, 15) is 0 Å². The SMILES string of the molecule is Nc1c2cc3c(cc2c[n+]2ccccc12)OCO3.[Br-]. The third-order valence-electron chi connectivity index (χ3n) is 3.28. The van der Waals surface area contributed by atoms with Crippen molar-refractivity contribution < 1.29 is 30.9 Å². The minimum absolute atomic E-state index is 0. The van der Waals surface area contributed by atoms with Crippen LogP contribution < -0.4 is 36.6 Å². The summed E-state index contributed by atoms with van der Waals surface area (Å²) < 4.78 is 12.8. The molecule has 0 unspecified atom stereocenters. The summed E-state index contributed by atoms with van der Waals surface area (Å²) >= 11 is 0. The number of aromatic nitrogens is 1. The fourth-order valence-electron chi connectivity index (χ4n) is 2.38. The molecule has 96 valence electrons. The minimum atomic E-state index is 0. The molecular weight excluding hydrogens is 308 g/mol. The monoisotopic (exact) mass is 318 g/mol. The van der Waals surface area contributed by atoms with Crippen LogP contribution in [0.15, 0.2) is 42.7 Å². The van der Waals surface area contributed by atoms with Crippen molar-refractivity contribution in [1.82, 2.24) is 0 Å². The van der Waals surface area contributed by atoms with Gasteiger partial charge in [-0.1, -0.05) is 0 Å². The van der Waals surface area contributed by atoms with Crippen molar-refractivity contribution in [3.63, 3.8) is 0 Å². The number of fused-ring (bicyclic) bond motifs is 3. The third kappa shape index (κ3) is 1.69. The molecule has 0 atom stereocenters. The molecular formula is C14H11BrN2O2. The first-order valence-electron chi connectivity index (χ1n) is 5.75. The molecule has 5 heteroatoms. The van der Waals surface area contributed by atoms with Gasteiger partial charge in [-0.2, -0.15) is 4.40 Å². The molecule has 4 nitrogen and oxygen atoms in total. The summed E-state index contributed by atoms with van der Waals surface area (Å²) in [6, 6.07) is 9.86. The third-order valence-corrected chi connectivity index (χ3v) is 3.28. The van der Waals surface area contributed by atoms with E-state index in [4.69, 9.17) is 15.2 Å². The molecule has 1 aliphatic rings. The number of pyridine rings is 2. The first kappa shape index (κ1) is 12.0. The summed E-state index contributed by atoms with van der Waals surface area (Å²) in [5.74, 6) is 1.53. The van der Waals surface area contributed by atoms with Crippen LogP contribution in [0.5, 0.6) is 11.5 Å². The lowest BCUT2D eigenvalue weighted by molar-refractivity contribution is -0.509. The zero-order chi connectivity index (χ0) is 12.1. The van der Waals surface area contributed by atoms with Gasteiger partial charge in [-0.15, -0.1) is 0 Å². The van der Waals surface area contributed by atoms with Crippen molar-refractivity contribution in [2.45, 2.75) is 0 Å². The first-order valence-corrected chi connectivity index (χ1v) is 5.75. The van der Waals surface area contributed by atoms with E-state index in [0.29, 0.717) is 0 Å². The second kappa shape index (κ2) is 4.28. The van der Waals surface area contributed by atoms with Crippen LogP contribution in [0, 0.1) is 0 Å². The van der Waals surface area contributed by atoms with Gasteiger partial charge >= 0.3 is 0 Å². The molecule has 0 amide bonds. The molecule has 0 aliphatic carbocycles. The molecule has 0 spiro atoms. The largest absolute Gasteiger partial charge is 1.00 e. The van der Waals surface area contributed by atoms with Gasteiger partial charge in [0.2, 0.25) is 12.3 Å². The Morgan fingerprint density at radius 3 is 2.74 bits per heavy atom. The van der Waals surface area contributed by atoms with Crippen LogP contribution in [0.2, 0.25) is 0 Å². The summed E-state index contributed by atoms with van der Waals surface area (Å²) in [7, 11) is 0. The van der Waals surface area contributed by atoms with Crippen LogP contribution in [0.3, 0.4) is 0 Å². The zero-order valence-corrected chi connectivity index (χ0v) is 11.6. The number of nitrogen functional groups attached to an aromatic ring is 1. The average molecular weight is 319 g/mol. The summed E-state index contributed by atoms with van der Waals surface area (Å²) in [6.45, 7) is 0.276. The van der Waals surface area contributed by atoms with E-state index in [1.807, 2.05) is 47.1 Å². The Bertz CT molecular complexity index is 789. The standard InChI is InChI=1S/C14H11N2O2.BrH/c15-14-10-6-13-12(17-8-18-13)5-9(10)7-16-4-2-1-3-11(14)16;/h1-7H,8,15H2;1H/q+1;/p-1. The molecule has 4 rings (SSSR count). The van der Waals surface area contributed by atoms with Gasteiger partial charge in [0.05, 0.1) is 5.39 Å². The maximum absolute atomic E-state index is 6.23. The van der Waals surface area contributed by atoms with Crippen LogP contribution in [0.1, 0.15) is 0 Å². The lowest BCUT2D eigenvalue weighted by atomic mass is 10.1. The second-order valence-electron chi connectivity index (χ2n) is 4.33. The highest BCUT2D eigenvalue weighted by Crippen LogP contribution is 2.37. The fraction of sp³-hybridized carbons (Fsp3) is 0.0714. The predicted octanol–water partition coefficient (Wildman–Crippen LogP) is -1.11. The minimum Gasteiger partial charge on any atom is -1.00 e. The molecule has 0 bridgehead atoms. The number of rotatable bonds is 0. The van der Waals surface area contributed by atoms with Gasteiger partial charge in [-0.05, 0) is 18.2 Å². The number of ether oxygens (including phenoxy) is 2. The van der Waals surface area contributed by atoms with E-state index in [0.717, 1.165) is 33.5 Å². The van der Waals surface area contributed by atoms with E-state index in [1.54, 1.807) is 0 Å². The van der Waals surface area contributed by atoms with Crippen LogP contribution in [-0.4, -0.2) is 6.79 Å². The normalized spacial score (nSPS) is 12.6. The van der Waals surface area contributed by atoms with Crippen molar-refractivity contribution in [2.75, 3.05) is 12.5 Å². The highest BCUT2D eigenvalue weighted by molar-refractivity contribution is 5.99. The summed E-state index contributed by atoms with van der Waals surface area (Å²) in [4.78, 5) is 0. The number of hydrogen-bond acceptors (Lipinski definition) is 3. The molecule has 1 aliphatic heterocycles. The number of halogens is 1. The summed E-state index contributed by atoms with van der Waals surface area (Å²) in [6.07, 6.45) is 4.03. The topological polar surface area (TPSA) is 48.6 Å². The number of anilines is 1. The van der Waals surface area contributed by atoms with E-state index in [-0.39, 0.29) is 23.8 Å². The summed E-state index contributed by atoms with van der Waals surface area (Å²) in [5, 5.41) is 2.03. The number of nitrogens with two attached hydrogens (primary N) is 1. The Morgan fingerprint density at radius 1 is 1.11 bits per heavy atom. The molecule has 0 radical (unpaired) electrons. The smallest absolute Gasteiger partial charge is 0.234 e. The Morgan fingerprint density at radius 2 is 1.89 bits per heavy atom. The fourth-order valence-corrected chi connectivity index (χ4v) is 2.38. The number of nitrogens with zero attached hydrogens (tertiary/aromatic N) is 1. The van der Waals surface area contributed by atoms with Crippen molar-refractivity contribution in [3.8, 4) is 11.5 Å². The lowest BCUT2D eigenvalue weighted by Gasteiger charge is -2.03. The molecule has 3 heterocycles. The van der Waals surface area contributed by atoms with Gasteiger partial charge in [-0.3, -0.25) is 0 Å². The van der Waals surface area contributed by atoms with Crippen molar-refractivity contribution in [3.05, 3.63) is 42.7 Å². The Balaban J connectivity index is 0.00000110. The van der Waals surface area contributed by atoms with Crippen molar-refractivity contribution >= 4 is 22.0 Å². The van der Waals surface area contributed by atoms with E-state index in [2.05, 4.69) is 0 Å². The van der Waals surface area contributed by atoms with Gasteiger partial charge in [0, 0.05) is 17.5 Å². The number of benzene rings is 1. The van der Waals surface area contributed by atoms with Gasteiger partial charge in [-0.25, -0.2) is 0 Å². The predicted molar refractivity (Wildman–Crippen MR) is 67.6 cm³/mol. The van der Waals surface area contributed by atoms with Gasteiger partial charge in [0.1, 0.15) is 5.69 Å². The van der Waals surface area contributed by atoms with E-state index >= 15 is 0 Å². The molecule has 3 aromatic rings. The average Bonchev–Trinajstić information content (AvgIpc) is 2.84. The number of hydrogen-bond donors (Lipinski definition) is 1. The maximum Gasteiger partial charge on any atom is 0.234 e. The van der Waals surface area contributed by atoms with Gasteiger partial charge in [0.15, 0.2) is 23.9 Å². The molecule has 0 saturated heterocycles. The zero-order valence-electron chi connectivity index (χ0n) is 9.97. The highest BCUT2D eigenvalue weighted by Gasteiger charge is 2.18. The molecule has 19 heavy (non-hydrogen) atoms. The first-order chi connectivity index (χ1) is 8.83. The second-order valence-corrected chi connectivity index (χ2v) is 4.33. The molecule has 1 aromatic carbocycles. The maximum atomic E-state index is 6.23.